The lowest BCUT2D eigenvalue weighted by molar-refractivity contribution is 0.620. The highest BCUT2D eigenvalue weighted by Crippen LogP contribution is 2.41. The average molecular weight is 675 g/mol. The fraction of sp³-hybridized carbons (Fsp3) is 0.122. The van der Waals surface area contributed by atoms with Crippen LogP contribution >= 0.6 is 0 Å². The van der Waals surface area contributed by atoms with E-state index in [1.165, 1.54) is 38.9 Å². The highest BCUT2D eigenvalue weighted by Gasteiger charge is 2.16. The van der Waals surface area contributed by atoms with Gasteiger partial charge in [-0.2, -0.15) is 0 Å². The van der Waals surface area contributed by atoms with E-state index in [4.69, 9.17) is 9.40 Å². The van der Waals surface area contributed by atoms with Gasteiger partial charge in [0.15, 0.2) is 5.58 Å². The molecule has 0 bridgehead atoms. The molecule has 0 saturated carbocycles. The Balaban J connectivity index is 1.12. The Hall–Kier alpha value is -6.19. The fourth-order valence-electron chi connectivity index (χ4n) is 7.17. The number of anilines is 3. The Morgan fingerprint density at radius 1 is 0.423 bits per heavy atom. The summed E-state index contributed by atoms with van der Waals surface area (Å²) in [6.07, 6.45) is 4.47. The molecule has 0 aliphatic heterocycles. The Kier molecular flexibility index (Phi) is 9.49. The molecule has 0 amide bonds. The first-order chi connectivity index (χ1) is 25.7. The number of fused-ring (bicyclic) bond motifs is 1. The van der Waals surface area contributed by atoms with Crippen LogP contribution in [0.15, 0.2) is 174 Å². The summed E-state index contributed by atoms with van der Waals surface area (Å²) < 4.78 is 6.04. The lowest BCUT2D eigenvalue weighted by Gasteiger charge is -2.26. The zero-order valence-corrected chi connectivity index (χ0v) is 29.8. The molecule has 1 heterocycles. The van der Waals surface area contributed by atoms with Gasteiger partial charge in [0.25, 0.3) is 0 Å². The van der Waals surface area contributed by atoms with Gasteiger partial charge < -0.3 is 9.32 Å². The van der Waals surface area contributed by atoms with Crippen molar-refractivity contribution in [1.82, 2.24) is 4.98 Å². The van der Waals surface area contributed by atoms with Gasteiger partial charge in [-0.1, -0.05) is 136 Å². The first-order valence-electron chi connectivity index (χ1n) is 18.4. The molecule has 7 aromatic carbocycles. The predicted molar refractivity (Wildman–Crippen MR) is 218 cm³/mol. The third-order valence-electron chi connectivity index (χ3n) is 9.78. The van der Waals surface area contributed by atoms with Gasteiger partial charge in [0.05, 0.1) is 0 Å². The van der Waals surface area contributed by atoms with E-state index in [-0.39, 0.29) is 0 Å². The number of oxazole rings is 1. The number of para-hydroxylation sites is 2. The lowest BCUT2D eigenvalue weighted by atomic mass is 9.89. The van der Waals surface area contributed by atoms with Crippen LogP contribution in [-0.4, -0.2) is 4.98 Å². The number of benzene rings is 7. The van der Waals surface area contributed by atoms with Crippen molar-refractivity contribution < 1.29 is 4.42 Å². The maximum absolute atomic E-state index is 6.04. The molecule has 3 nitrogen and oxygen atoms in total. The summed E-state index contributed by atoms with van der Waals surface area (Å²) in [5.41, 5.74) is 15.9. The van der Waals surface area contributed by atoms with Crippen molar-refractivity contribution in [3.8, 4) is 44.8 Å². The minimum absolute atomic E-state index is 0.635. The molecule has 0 spiro atoms. The van der Waals surface area contributed by atoms with Crippen LogP contribution in [0, 0.1) is 0 Å². The molecular formula is C49H42N2O. The molecule has 0 unspecified atom stereocenters. The number of rotatable bonds is 11. The molecule has 52 heavy (non-hydrogen) atoms. The van der Waals surface area contributed by atoms with Crippen LogP contribution in [0.25, 0.3) is 55.9 Å². The second-order valence-electron chi connectivity index (χ2n) is 13.4. The predicted octanol–water partition coefficient (Wildman–Crippen LogP) is 13.9. The fourth-order valence-corrected chi connectivity index (χ4v) is 7.17. The molecule has 8 rings (SSSR count). The highest BCUT2D eigenvalue weighted by molar-refractivity contribution is 5.92. The van der Waals surface area contributed by atoms with E-state index in [1.54, 1.807) is 0 Å². The van der Waals surface area contributed by atoms with Gasteiger partial charge in [0, 0.05) is 22.6 Å². The number of hydrogen-bond donors (Lipinski definition) is 0. The smallest absolute Gasteiger partial charge is 0.227 e. The summed E-state index contributed by atoms with van der Waals surface area (Å²) in [5.74, 6) is 0.635. The van der Waals surface area contributed by atoms with E-state index in [2.05, 4.69) is 164 Å². The first-order valence-corrected chi connectivity index (χ1v) is 18.4. The summed E-state index contributed by atoms with van der Waals surface area (Å²) in [6, 6.07) is 60.9. The van der Waals surface area contributed by atoms with Gasteiger partial charge in [-0.15, -0.1) is 0 Å². The minimum atomic E-state index is 0.635. The molecule has 0 fully saturated rings. The van der Waals surface area contributed by atoms with Crippen molar-refractivity contribution in [2.45, 2.75) is 39.5 Å². The first kappa shape index (κ1) is 33.0. The third kappa shape index (κ3) is 6.78. The van der Waals surface area contributed by atoms with Crippen molar-refractivity contribution in [2.75, 3.05) is 4.90 Å². The highest BCUT2D eigenvalue weighted by atomic mass is 16.3. The molecule has 0 N–H and O–H groups in total. The molecule has 254 valence electrons. The summed E-state index contributed by atoms with van der Waals surface area (Å²) in [6.45, 7) is 4.46. The largest absolute Gasteiger partial charge is 0.436 e. The Labute approximate surface area is 306 Å². The average Bonchev–Trinajstić information content (AvgIpc) is 3.65. The minimum Gasteiger partial charge on any atom is -0.436 e. The van der Waals surface area contributed by atoms with Crippen LogP contribution in [0.4, 0.5) is 17.1 Å². The molecule has 0 saturated heterocycles. The normalized spacial score (nSPS) is 11.2. The molecule has 3 heteroatoms. The van der Waals surface area contributed by atoms with Gasteiger partial charge in [-0.25, -0.2) is 4.98 Å². The maximum atomic E-state index is 6.04. The standard InChI is InChI=1S/C49H42N2O/c1-3-11-35-19-29-40(30-20-35)51(41-31-21-36(12-4-2)22-32-41)42-33-27-38(28-34-42)44-14-6-8-16-46(44)45-15-7-5-13-43(45)37-23-25-39(26-24-37)49-50-47-17-9-10-18-48(47)52-49/h5-10,13-34H,3-4,11-12H2,1-2H3. The second-order valence-corrected chi connectivity index (χ2v) is 13.4. The van der Waals surface area contributed by atoms with Crippen LogP contribution in [0.3, 0.4) is 0 Å². The van der Waals surface area contributed by atoms with Crippen molar-refractivity contribution in [2.24, 2.45) is 0 Å². The molecule has 0 radical (unpaired) electrons. The quantitative estimate of drug-likeness (QED) is 0.137. The summed E-state index contributed by atoms with van der Waals surface area (Å²) in [7, 11) is 0. The van der Waals surface area contributed by atoms with Gasteiger partial charge in [0.1, 0.15) is 5.52 Å². The molecule has 8 aromatic rings. The van der Waals surface area contributed by atoms with E-state index >= 15 is 0 Å². The molecular weight excluding hydrogens is 633 g/mol. The lowest BCUT2D eigenvalue weighted by Crippen LogP contribution is -2.10. The topological polar surface area (TPSA) is 29.3 Å². The number of aryl methyl sites for hydroxylation is 2. The second kappa shape index (κ2) is 15.0. The Morgan fingerprint density at radius 3 is 1.31 bits per heavy atom. The third-order valence-corrected chi connectivity index (χ3v) is 9.78. The van der Waals surface area contributed by atoms with Gasteiger partial charge in [-0.05, 0) is 118 Å². The zero-order chi connectivity index (χ0) is 35.3. The van der Waals surface area contributed by atoms with Crippen LogP contribution in [-0.2, 0) is 12.8 Å². The zero-order valence-electron chi connectivity index (χ0n) is 29.8. The van der Waals surface area contributed by atoms with Crippen LogP contribution in [0.5, 0.6) is 0 Å². The van der Waals surface area contributed by atoms with Crippen LogP contribution in [0.2, 0.25) is 0 Å². The van der Waals surface area contributed by atoms with E-state index in [0.29, 0.717) is 5.89 Å². The summed E-state index contributed by atoms with van der Waals surface area (Å²) >= 11 is 0. The Morgan fingerprint density at radius 2 is 0.827 bits per heavy atom. The van der Waals surface area contributed by atoms with Crippen molar-refractivity contribution in [3.63, 3.8) is 0 Å². The SMILES string of the molecule is CCCc1ccc(N(c2ccc(CCC)cc2)c2ccc(-c3ccccc3-c3ccccc3-c3ccc(-c4nc5ccccc5o4)cc3)cc2)cc1. The molecule has 1 aromatic heterocycles. The Bertz CT molecular complexity index is 2320. The van der Waals surface area contributed by atoms with Crippen molar-refractivity contribution in [1.29, 1.82) is 0 Å². The number of nitrogens with zero attached hydrogens (tertiary/aromatic N) is 2. The number of hydrogen-bond acceptors (Lipinski definition) is 3. The van der Waals surface area contributed by atoms with Gasteiger partial charge in [0.2, 0.25) is 5.89 Å². The van der Waals surface area contributed by atoms with E-state index < -0.39 is 0 Å². The molecule has 0 aliphatic rings. The van der Waals surface area contributed by atoms with Gasteiger partial charge >= 0.3 is 0 Å². The van der Waals surface area contributed by atoms with E-state index in [0.717, 1.165) is 65.0 Å². The van der Waals surface area contributed by atoms with Gasteiger partial charge in [-0.3, -0.25) is 0 Å². The van der Waals surface area contributed by atoms with Crippen molar-refractivity contribution >= 4 is 28.2 Å². The van der Waals surface area contributed by atoms with Crippen LogP contribution in [0.1, 0.15) is 37.8 Å². The van der Waals surface area contributed by atoms with E-state index in [1.807, 2.05) is 24.3 Å². The van der Waals surface area contributed by atoms with Crippen molar-refractivity contribution in [3.05, 3.63) is 181 Å². The summed E-state index contributed by atoms with van der Waals surface area (Å²) in [5, 5.41) is 0. The molecule has 0 aliphatic carbocycles. The maximum Gasteiger partial charge on any atom is 0.227 e. The van der Waals surface area contributed by atoms with Crippen LogP contribution < -0.4 is 4.90 Å². The number of aromatic nitrogens is 1. The molecule has 0 atom stereocenters. The monoisotopic (exact) mass is 674 g/mol. The van der Waals surface area contributed by atoms with E-state index in [9.17, 15) is 0 Å². The summed E-state index contributed by atoms with van der Waals surface area (Å²) in [4.78, 5) is 7.06.